The van der Waals surface area contributed by atoms with Gasteiger partial charge in [-0.25, -0.2) is 9.97 Å². The summed E-state index contributed by atoms with van der Waals surface area (Å²) in [6.45, 7) is 2.05. The molecule has 0 unspecified atom stereocenters. The zero-order valence-electron chi connectivity index (χ0n) is 17.2. The Morgan fingerprint density at radius 3 is 1.71 bits per heavy atom. The third-order valence-electron chi connectivity index (χ3n) is 5.78. The van der Waals surface area contributed by atoms with Crippen LogP contribution in [0.1, 0.15) is 27.9 Å². The van der Waals surface area contributed by atoms with E-state index < -0.39 is 5.54 Å². The highest BCUT2D eigenvalue weighted by Gasteiger charge is 2.39. The van der Waals surface area contributed by atoms with Crippen molar-refractivity contribution in [2.75, 3.05) is 0 Å². The Bertz CT molecular complexity index is 1240. The number of rotatable bonds is 5. The lowest BCUT2D eigenvalue weighted by atomic mass is 9.76. The molecule has 3 aromatic carbocycles. The number of nitrogens with zero attached hydrogens (tertiary/aromatic N) is 3. The lowest BCUT2D eigenvalue weighted by Gasteiger charge is -2.38. The summed E-state index contributed by atoms with van der Waals surface area (Å²) in [5.41, 5.74) is 5.98. The number of nitrogens with one attached hydrogen (secondary N) is 1. The van der Waals surface area contributed by atoms with E-state index in [1.165, 1.54) is 6.21 Å². The van der Waals surface area contributed by atoms with E-state index in [-0.39, 0.29) is 0 Å². The Balaban J connectivity index is 1.97. The molecule has 5 aromatic rings. The van der Waals surface area contributed by atoms with Crippen molar-refractivity contribution in [3.63, 3.8) is 0 Å². The number of hydrogen-bond acceptors (Lipinski definition) is 3. The Kier molecular flexibility index (Phi) is 4.68. The molecule has 0 amide bonds. The van der Waals surface area contributed by atoms with Gasteiger partial charge >= 0.3 is 0 Å². The van der Waals surface area contributed by atoms with Crippen LogP contribution in [0.4, 0.5) is 0 Å². The first-order chi connectivity index (χ1) is 15.2. The molecule has 1 N–H and O–H groups in total. The molecule has 2 aromatic heterocycles. The van der Waals surface area contributed by atoms with Gasteiger partial charge in [-0.15, -0.1) is 0 Å². The van der Waals surface area contributed by atoms with E-state index in [1.807, 2.05) is 25.1 Å². The van der Waals surface area contributed by atoms with E-state index in [0.29, 0.717) is 5.69 Å². The molecule has 0 fully saturated rings. The first-order valence-electron chi connectivity index (χ1n) is 10.3. The lowest BCUT2D eigenvalue weighted by molar-refractivity contribution is 0.529. The number of fused-ring (bicyclic) bond motifs is 1. The smallest absolute Gasteiger partial charge is 0.160 e. The van der Waals surface area contributed by atoms with Crippen LogP contribution in [0, 0.1) is 12.3 Å². The molecule has 0 spiro atoms. The Labute approximate surface area is 181 Å². The van der Waals surface area contributed by atoms with Gasteiger partial charge in [0.1, 0.15) is 11.1 Å². The molecule has 5 rings (SSSR count). The lowest BCUT2D eigenvalue weighted by Crippen LogP contribution is -2.37. The van der Waals surface area contributed by atoms with Gasteiger partial charge in [0.05, 0.1) is 11.9 Å². The largest absolute Gasteiger partial charge is 0.312 e. The highest BCUT2D eigenvalue weighted by Crippen LogP contribution is 2.42. The van der Waals surface area contributed by atoms with Gasteiger partial charge in [0.15, 0.2) is 5.65 Å². The molecular formula is C27H22N4. The average molecular weight is 403 g/mol. The molecule has 4 heteroatoms. The maximum atomic E-state index is 7.59. The van der Waals surface area contributed by atoms with Gasteiger partial charge in [0.2, 0.25) is 0 Å². The maximum Gasteiger partial charge on any atom is 0.160 e. The Morgan fingerprint density at radius 1 is 0.774 bits per heavy atom. The van der Waals surface area contributed by atoms with E-state index in [9.17, 15) is 0 Å². The molecule has 0 radical (unpaired) electrons. The first-order valence-corrected chi connectivity index (χ1v) is 10.3. The molecule has 150 valence electrons. The summed E-state index contributed by atoms with van der Waals surface area (Å²) < 4.78 is 2.23. The Morgan fingerprint density at radius 2 is 1.26 bits per heavy atom. The highest BCUT2D eigenvalue weighted by atomic mass is 15.1. The van der Waals surface area contributed by atoms with Crippen LogP contribution in [0.15, 0.2) is 103 Å². The summed E-state index contributed by atoms with van der Waals surface area (Å²) in [5.74, 6) is 0. The summed E-state index contributed by atoms with van der Waals surface area (Å²) >= 11 is 0. The van der Waals surface area contributed by atoms with Crippen molar-refractivity contribution < 1.29 is 0 Å². The van der Waals surface area contributed by atoms with E-state index in [0.717, 1.165) is 33.4 Å². The van der Waals surface area contributed by atoms with E-state index >= 15 is 0 Å². The third kappa shape index (κ3) is 2.96. The van der Waals surface area contributed by atoms with Crippen molar-refractivity contribution in [2.45, 2.75) is 12.5 Å². The van der Waals surface area contributed by atoms with Crippen molar-refractivity contribution in [1.82, 2.24) is 14.5 Å². The predicted octanol–water partition coefficient (Wildman–Crippen LogP) is 5.58. The maximum absolute atomic E-state index is 7.59. The number of aryl methyl sites for hydroxylation is 1. The standard InChI is InChI=1S/C27H22N4/c1-20-19-31(26-25(20)30-24(17-28)18-29-26)27(21-11-5-2-6-12-21,22-13-7-3-8-14-22)23-15-9-4-10-16-23/h2-19,28H,1H3. The highest BCUT2D eigenvalue weighted by molar-refractivity contribution is 5.82. The predicted molar refractivity (Wildman–Crippen MR) is 125 cm³/mol. The fourth-order valence-corrected chi connectivity index (χ4v) is 4.43. The fraction of sp³-hybridized carbons (Fsp3) is 0.0741. The molecule has 0 saturated carbocycles. The third-order valence-corrected chi connectivity index (χ3v) is 5.78. The van der Waals surface area contributed by atoms with Crippen molar-refractivity contribution in [2.24, 2.45) is 0 Å². The van der Waals surface area contributed by atoms with Crippen LogP contribution in [0.5, 0.6) is 0 Å². The molecule has 0 atom stereocenters. The van der Waals surface area contributed by atoms with Gasteiger partial charge in [-0.3, -0.25) is 0 Å². The molecule has 0 aliphatic carbocycles. The number of hydrogen-bond donors (Lipinski definition) is 1. The van der Waals surface area contributed by atoms with Crippen molar-refractivity contribution in [3.05, 3.63) is 131 Å². The van der Waals surface area contributed by atoms with Crippen LogP contribution in [0.2, 0.25) is 0 Å². The minimum absolute atomic E-state index is 0.554. The summed E-state index contributed by atoms with van der Waals surface area (Å²) in [5, 5.41) is 7.59. The van der Waals surface area contributed by atoms with Crippen LogP contribution in [-0.4, -0.2) is 20.7 Å². The van der Waals surface area contributed by atoms with Crippen LogP contribution in [0.3, 0.4) is 0 Å². The average Bonchev–Trinajstić information content (AvgIpc) is 3.17. The molecule has 4 nitrogen and oxygen atoms in total. The zero-order valence-corrected chi connectivity index (χ0v) is 17.2. The van der Waals surface area contributed by atoms with E-state index in [1.54, 1.807) is 6.20 Å². The summed E-state index contributed by atoms with van der Waals surface area (Å²) in [6, 6.07) is 31.6. The van der Waals surface area contributed by atoms with Crippen LogP contribution in [-0.2, 0) is 5.54 Å². The summed E-state index contributed by atoms with van der Waals surface area (Å²) in [6.07, 6.45) is 5.03. The molecule has 31 heavy (non-hydrogen) atoms. The monoisotopic (exact) mass is 402 g/mol. The number of benzene rings is 3. The molecule has 0 saturated heterocycles. The summed E-state index contributed by atoms with van der Waals surface area (Å²) in [7, 11) is 0. The molecule has 0 bridgehead atoms. The van der Waals surface area contributed by atoms with Crippen LogP contribution in [0.25, 0.3) is 11.2 Å². The second kappa shape index (κ2) is 7.65. The zero-order chi connectivity index (χ0) is 21.3. The second-order valence-corrected chi connectivity index (χ2v) is 7.60. The summed E-state index contributed by atoms with van der Waals surface area (Å²) in [4.78, 5) is 9.45. The Hall–Kier alpha value is -4.05. The van der Waals surface area contributed by atoms with Gasteiger partial charge in [-0.1, -0.05) is 91.0 Å². The van der Waals surface area contributed by atoms with Gasteiger partial charge in [0, 0.05) is 12.4 Å². The van der Waals surface area contributed by atoms with E-state index in [4.69, 9.17) is 10.4 Å². The van der Waals surface area contributed by atoms with Gasteiger partial charge in [0.25, 0.3) is 0 Å². The molecular weight excluding hydrogens is 380 g/mol. The quantitative estimate of drug-likeness (QED) is 0.308. The van der Waals surface area contributed by atoms with Crippen molar-refractivity contribution in [1.29, 1.82) is 5.41 Å². The van der Waals surface area contributed by atoms with Crippen molar-refractivity contribution >= 4 is 17.4 Å². The van der Waals surface area contributed by atoms with Gasteiger partial charge in [-0.05, 0) is 29.2 Å². The SMILES string of the molecule is Cc1cn(C(c2ccccc2)(c2ccccc2)c2ccccc2)c2ncc(C=N)nc12. The first kappa shape index (κ1) is 18.9. The molecule has 0 aliphatic heterocycles. The number of aromatic nitrogens is 3. The normalized spacial score (nSPS) is 11.5. The van der Waals surface area contributed by atoms with E-state index in [2.05, 4.69) is 88.5 Å². The van der Waals surface area contributed by atoms with Gasteiger partial charge in [-0.2, -0.15) is 0 Å². The second-order valence-electron chi connectivity index (χ2n) is 7.60. The van der Waals surface area contributed by atoms with Gasteiger partial charge < -0.3 is 9.98 Å². The van der Waals surface area contributed by atoms with Crippen LogP contribution >= 0.6 is 0 Å². The van der Waals surface area contributed by atoms with Crippen molar-refractivity contribution in [3.8, 4) is 0 Å². The molecule has 0 aliphatic rings. The fourth-order valence-electron chi connectivity index (χ4n) is 4.43. The minimum Gasteiger partial charge on any atom is -0.312 e. The topological polar surface area (TPSA) is 54.6 Å². The minimum atomic E-state index is -0.628. The van der Waals surface area contributed by atoms with Crippen LogP contribution < -0.4 is 0 Å². The molecule has 2 heterocycles.